The first-order valence-corrected chi connectivity index (χ1v) is 7.98. The second-order valence-electron chi connectivity index (χ2n) is 6.51. The van der Waals surface area contributed by atoms with Gasteiger partial charge in [0.05, 0.1) is 0 Å². The highest BCUT2D eigenvalue weighted by Crippen LogP contribution is 2.29. The van der Waals surface area contributed by atoms with Crippen molar-refractivity contribution in [3.8, 4) is 0 Å². The molecule has 1 heteroatoms. The molecule has 1 fully saturated rings. The topological polar surface area (TPSA) is 12.0 Å². The lowest BCUT2D eigenvalue weighted by Crippen LogP contribution is -2.31. The molecular weight excluding hydrogens is 230 g/mol. The standard InChI is InChI=1S/C18H29N/c1-14(2)16-10-7-11-18(13-12-16)19-15(3)17-8-5-4-6-9-17/h4-6,8-9,14-16,18-19H,7,10-13H2,1-3H3/t15-,16?,18?/m0/s1. The van der Waals surface area contributed by atoms with Crippen LogP contribution in [0.25, 0.3) is 0 Å². The van der Waals surface area contributed by atoms with E-state index < -0.39 is 0 Å². The first-order valence-electron chi connectivity index (χ1n) is 7.98. The maximum atomic E-state index is 3.83. The van der Waals surface area contributed by atoms with Crippen molar-refractivity contribution in [3.63, 3.8) is 0 Å². The van der Waals surface area contributed by atoms with E-state index in [1.807, 2.05) is 0 Å². The summed E-state index contributed by atoms with van der Waals surface area (Å²) in [5.41, 5.74) is 1.41. The van der Waals surface area contributed by atoms with E-state index in [4.69, 9.17) is 0 Å². The number of nitrogens with one attached hydrogen (secondary N) is 1. The van der Waals surface area contributed by atoms with Crippen molar-refractivity contribution in [1.82, 2.24) is 5.32 Å². The van der Waals surface area contributed by atoms with Gasteiger partial charge in [-0.25, -0.2) is 0 Å². The van der Waals surface area contributed by atoms with Gasteiger partial charge in [-0.2, -0.15) is 0 Å². The Bertz CT molecular complexity index is 357. The molecule has 1 aromatic rings. The van der Waals surface area contributed by atoms with Gasteiger partial charge in [-0.15, -0.1) is 0 Å². The normalized spacial score (nSPS) is 26.1. The summed E-state index contributed by atoms with van der Waals surface area (Å²) >= 11 is 0. The van der Waals surface area contributed by atoms with E-state index in [-0.39, 0.29) is 0 Å². The Balaban J connectivity index is 1.86. The van der Waals surface area contributed by atoms with Gasteiger partial charge in [-0.05, 0) is 43.6 Å². The molecule has 1 saturated carbocycles. The Labute approximate surface area is 118 Å². The van der Waals surface area contributed by atoms with Gasteiger partial charge in [-0.1, -0.05) is 57.0 Å². The lowest BCUT2D eigenvalue weighted by Gasteiger charge is -2.23. The lowest BCUT2D eigenvalue weighted by atomic mass is 9.89. The van der Waals surface area contributed by atoms with Crippen LogP contribution >= 0.6 is 0 Å². The van der Waals surface area contributed by atoms with Gasteiger partial charge >= 0.3 is 0 Å². The predicted octanol–water partition coefficient (Wildman–Crippen LogP) is 4.94. The van der Waals surface area contributed by atoms with E-state index in [1.165, 1.54) is 37.7 Å². The molecule has 106 valence electrons. The van der Waals surface area contributed by atoms with Crippen molar-refractivity contribution in [3.05, 3.63) is 35.9 Å². The van der Waals surface area contributed by atoms with E-state index in [9.17, 15) is 0 Å². The molecule has 0 aromatic heterocycles. The molecule has 0 saturated heterocycles. The minimum atomic E-state index is 0.474. The van der Waals surface area contributed by atoms with Crippen molar-refractivity contribution < 1.29 is 0 Å². The minimum absolute atomic E-state index is 0.474. The number of hydrogen-bond acceptors (Lipinski definition) is 1. The second kappa shape index (κ2) is 7.09. The van der Waals surface area contributed by atoms with Gasteiger partial charge in [-0.3, -0.25) is 0 Å². The first kappa shape index (κ1) is 14.6. The summed E-state index contributed by atoms with van der Waals surface area (Å²) in [6.45, 7) is 7.05. The maximum absolute atomic E-state index is 3.83. The molecule has 19 heavy (non-hydrogen) atoms. The Morgan fingerprint density at radius 3 is 2.37 bits per heavy atom. The third kappa shape index (κ3) is 4.35. The summed E-state index contributed by atoms with van der Waals surface area (Å²) in [6, 6.07) is 12.0. The molecule has 1 aliphatic carbocycles. The van der Waals surface area contributed by atoms with Crippen molar-refractivity contribution in [2.45, 2.75) is 65.0 Å². The maximum Gasteiger partial charge on any atom is 0.0294 e. The summed E-state index contributed by atoms with van der Waals surface area (Å²) in [4.78, 5) is 0. The zero-order valence-electron chi connectivity index (χ0n) is 12.7. The van der Waals surface area contributed by atoms with Crippen LogP contribution in [0.3, 0.4) is 0 Å². The second-order valence-corrected chi connectivity index (χ2v) is 6.51. The fourth-order valence-corrected chi connectivity index (χ4v) is 3.36. The average Bonchev–Trinajstić information content (AvgIpc) is 2.65. The van der Waals surface area contributed by atoms with Crippen LogP contribution in [-0.2, 0) is 0 Å². The number of rotatable bonds is 4. The number of benzene rings is 1. The zero-order valence-corrected chi connectivity index (χ0v) is 12.7. The monoisotopic (exact) mass is 259 g/mol. The molecule has 1 N–H and O–H groups in total. The summed E-state index contributed by atoms with van der Waals surface area (Å²) in [6.07, 6.45) is 6.91. The van der Waals surface area contributed by atoms with Crippen LogP contribution in [-0.4, -0.2) is 6.04 Å². The highest BCUT2D eigenvalue weighted by molar-refractivity contribution is 5.18. The smallest absolute Gasteiger partial charge is 0.0294 e. The quantitative estimate of drug-likeness (QED) is 0.755. The van der Waals surface area contributed by atoms with Crippen LogP contribution in [0.4, 0.5) is 0 Å². The van der Waals surface area contributed by atoms with Crippen LogP contribution in [0.15, 0.2) is 30.3 Å². The van der Waals surface area contributed by atoms with E-state index in [2.05, 4.69) is 56.4 Å². The van der Waals surface area contributed by atoms with Crippen LogP contribution in [0.1, 0.15) is 64.5 Å². The summed E-state index contributed by atoms with van der Waals surface area (Å²) in [5.74, 6) is 1.80. The first-order chi connectivity index (χ1) is 9.16. The minimum Gasteiger partial charge on any atom is -0.307 e. The van der Waals surface area contributed by atoms with Gasteiger partial charge in [0.15, 0.2) is 0 Å². The lowest BCUT2D eigenvalue weighted by molar-refractivity contribution is 0.335. The summed E-state index contributed by atoms with van der Waals surface area (Å²) < 4.78 is 0. The fraction of sp³-hybridized carbons (Fsp3) is 0.667. The van der Waals surface area contributed by atoms with E-state index in [0.717, 1.165) is 11.8 Å². The third-order valence-electron chi connectivity index (χ3n) is 4.74. The zero-order chi connectivity index (χ0) is 13.7. The van der Waals surface area contributed by atoms with Crippen molar-refractivity contribution in [2.24, 2.45) is 11.8 Å². The van der Waals surface area contributed by atoms with Gasteiger partial charge in [0, 0.05) is 12.1 Å². The molecule has 0 spiro atoms. The third-order valence-corrected chi connectivity index (χ3v) is 4.74. The molecule has 2 unspecified atom stereocenters. The summed E-state index contributed by atoms with van der Waals surface area (Å²) in [7, 11) is 0. The Morgan fingerprint density at radius 2 is 1.68 bits per heavy atom. The molecule has 0 radical (unpaired) electrons. The Morgan fingerprint density at radius 1 is 0.947 bits per heavy atom. The largest absolute Gasteiger partial charge is 0.307 e. The fourth-order valence-electron chi connectivity index (χ4n) is 3.36. The highest BCUT2D eigenvalue weighted by Gasteiger charge is 2.21. The predicted molar refractivity (Wildman–Crippen MR) is 83.2 cm³/mol. The molecule has 0 aliphatic heterocycles. The van der Waals surface area contributed by atoms with Crippen molar-refractivity contribution in [2.75, 3.05) is 0 Å². The molecule has 1 nitrogen and oxygen atoms in total. The molecule has 1 aromatic carbocycles. The Kier molecular flexibility index (Phi) is 5.45. The van der Waals surface area contributed by atoms with E-state index in [0.29, 0.717) is 12.1 Å². The molecule has 0 bridgehead atoms. The number of hydrogen-bond donors (Lipinski definition) is 1. The molecule has 1 aliphatic rings. The molecule has 0 amide bonds. The van der Waals surface area contributed by atoms with Gasteiger partial charge in [0.25, 0.3) is 0 Å². The summed E-state index contributed by atoms with van der Waals surface area (Å²) in [5, 5.41) is 3.83. The Hall–Kier alpha value is -0.820. The molecule has 0 heterocycles. The van der Waals surface area contributed by atoms with Crippen molar-refractivity contribution in [1.29, 1.82) is 0 Å². The van der Waals surface area contributed by atoms with Gasteiger partial charge < -0.3 is 5.32 Å². The molecular formula is C18H29N. The highest BCUT2D eigenvalue weighted by atomic mass is 14.9. The van der Waals surface area contributed by atoms with Crippen LogP contribution in [0, 0.1) is 11.8 Å². The van der Waals surface area contributed by atoms with E-state index in [1.54, 1.807) is 0 Å². The van der Waals surface area contributed by atoms with Crippen molar-refractivity contribution >= 4 is 0 Å². The van der Waals surface area contributed by atoms with Gasteiger partial charge in [0.1, 0.15) is 0 Å². The van der Waals surface area contributed by atoms with Crippen LogP contribution in [0.2, 0.25) is 0 Å². The van der Waals surface area contributed by atoms with Crippen LogP contribution in [0.5, 0.6) is 0 Å². The SMILES string of the molecule is CC(C)C1CCCC(N[C@@H](C)c2ccccc2)CC1. The molecule has 3 atom stereocenters. The van der Waals surface area contributed by atoms with E-state index >= 15 is 0 Å². The molecule has 2 rings (SSSR count). The average molecular weight is 259 g/mol. The van der Waals surface area contributed by atoms with Crippen LogP contribution < -0.4 is 5.32 Å². The van der Waals surface area contributed by atoms with Gasteiger partial charge in [0.2, 0.25) is 0 Å².